The number of hydrogen-bond donors (Lipinski definition) is 2. The van der Waals surface area contributed by atoms with E-state index >= 15 is 0 Å². The maximum absolute atomic E-state index is 12.6. The van der Waals surface area contributed by atoms with Gasteiger partial charge in [0.1, 0.15) is 16.4 Å². The summed E-state index contributed by atoms with van der Waals surface area (Å²) in [7, 11) is -4.58. The number of aromatic nitrogens is 2. The molecule has 2 N–H and O–H groups in total. The van der Waals surface area contributed by atoms with Crippen molar-refractivity contribution in [2.45, 2.75) is 115 Å². The summed E-state index contributed by atoms with van der Waals surface area (Å²) in [5, 5.41) is 3.08. The molecule has 0 saturated carbocycles. The van der Waals surface area contributed by atoms with Crippen molar-refractivity contribution in [3.05, 3.63) is 70.6 Å². The molecule has 0 saturated heterocycles. The topological polar surface area (TPSA) is 101 Å². The second-order valence-electron chi connectivity index (χ2n) is 10.7. The number of nitrogens with zero attached hydrogens (tertiary/aromatic N) is 1. The van der Waals surface area contributed by atoms with E-state index in [1.807, 2.05) is 6.07 Å². The Bertz CT molecular complexity index is 1310. The first-order valence-electron chi connectivity index (χ1n) is 15.0. The first-order chi connectivity index (χ1) is 19.4. The van der Waals surface area contributed by atoms with Gasteiger partial charge in [-0.05, 0) is 43.2 Å². The Balaban J connectivity index is 0.00000588. The third-order valence-corrected chi connectivity index (χ3v) is 8.13. The van der Waals surface area contributed by atoms with Gasteiger partial charge in [-0.1, -0.05) is 115 Å². The normalized spacial score (nSPS) is 11.4. The van der Waals surface area contributed by atoms with E-state index in [9.17, 15) is 17.8 Å². The molecule has 9 heteroatoms. The summed E-state index contributed by atoms with van der Waals surface area (Å²) in [6.45, 7) is 2.26. The summed E-state index contributed by atoms with van der Waals surface area (Å²) in [5.41, 5.74) is 0.826. The van der Waals surface area contributed by atoms with Gasteiger partial charge in [0.05, 0.1) is 5.69 Å². The van der Waals surface area contributed by atoms with Crippen LogP contribution < -0.4 is 10.3 Å². The molecule has 0 aliphatic carbocycles. The Morgan fingerprint density at radius 3 is 1.83 bits per heavy atom. The molecule has 0 atom stereocenters. The Hall–Kier alpha value is -1.20. The van der Waals surface area contributed by atoms with E-state index in [4.69, 9.17) is 4.74 Å². The Morgan fingerprint density at radius 2 is 1.29 bits per heavy atom. The molecule has 0 radical (unpaired) electrons. The van der Waals surface area contributed by atoms with Gasteiger partial charge in [0.25, 0.3) is 15.7 Å². The van der Waals surface area contributed by atoms with Gasteiger partial charge in [0, 0.05) is 11.8 Å². The van der Waals surface area contributed by atoms with Gasteiger partial charge >= 0.3 is 51.4 Å². The van der Waals surface area contributed by atoms with Crippen LogP contribution in [-0.2, 0) is 16.5 Å². The molecule has 0 spiro atoms. The van der Waals surface area contributed by atoms with E-state index in [1.54, 1.807) is 36.4 Å². The second kappa shape index (κ2) is 19.9. The zero-order chi connectivity index (χ0) is 28.6. The van der Waals surface area contributed by atoms with Crippen LogP contribution in [0.4, 0.5) is 0 Å². The maximum atomic E-state index is 12.6. The number of rotatable bonds is 20. The van der Waals surface area contributed by atoms with Gasteiger partial charge in [-0.3, -0.25) is 14.4 Å². The van der Waals surface area contributed by atoms with E-state index in [0.29, 0.717) is 11.4 Å². The molecule has 1 aromatic heterocycles. The first kappa shape index (κ1) is 36.0. The van der Waals surface area contributed by atoms with Crippen molar-refractivity contribution in [1.82, 2.24) is 9.78 Å². The SMILES string of the molecule is CCCCCCCCCCCCCCCCCc1cc(=O)n(-c2ccc(Oc3ccccc3)c(S(=O)(=O)O)c2)[nH]1.[KH]. The fourth-order valence-corrected chi connectivity index (χ4v) is 5.62. The van der Waals surface area contributed by atoms with Gasteiger partial charge in [-0.15, -0.1) is 0 Å². The molecular formula is C32H47KN2O5S. The number of H-pyrrole nitrogens is 1. The monoisotopic (exact) mass is 610 g/mol. The third-order valence-electron chi connectivity index (χ3n) is 7.26. The van der Waals surface area contributed by atoms with E-state index in [1.165, 1.54) is 100 Å². The zero-order valence-corrected chi connectivity index (χ0v) is 24.8. The molecule has 3 aromatic rings. The molecule has 1 heterocycles. The number of ether oxygens (including phenoxy) is 1. The van der Waals surface area contributed by atoms with Crippen LogP contribution in [0.3, 0.4) is 0 Å². The molecule has 0 fully saturated rings. The van der Waals surface area contributed by atoms with Crippen molar-refractivity contribution < 1.29 is 17.7 Å². The van der Waals surface area contributed by atoms with Crippen LogP contribution in [0.5, 0.6) is 11.5 Å². The summed E-state index contributed by atoms with van der Waals surface area (Å²) in [5.74, 6) is 0.415. The van der Waals surface area contributed by atoms with E-state index < -0.39 is 15.0 Å². The number of unbranched alkanes of at least 4 members (excludes halogenated alkanes) is 14. The van der Waals surface area contributed by atoms with Crippen LogP contribution in [0.15, 0.2) is 64.3 Å². The second-order valence-corrected chi connectivity index (χ2v) is 12.1. The molecule has 0 aliphatic rings. The van der Waals surface area contributed by atoms with E-state index in [2.05, 4.69) is 12.0 Å². The van der Waals surface area contributed by atoms with Crippen LogP contribution >= 0.6 is 0 Å². The number of aromatic amines is 1. The van der Waals surface area contributed by atoms with Crippen LogP contribution in [-0.4, -0.2) is 74.1 Å². The minimum absolute atomic E-state index is 0. The summed E-state index contributed by atoms with van der Waals surface area (Å²) < 4.78 is 40.9. The predicted molar refractivity (Wildman–Crippen MR) is 169 cm³/mol. The standard InChI is InChI=1S/C32H46N2O5S.K.H/c1-2-3-4-5-6-7-8-9-10-11-12-13-14-15-17-20-27-25-32(35)34(33-27)28-23-24-30(31(26-28)40(36,37)38)39-29-21-18-16-19-22-29;;/h16,18-19,21-26,33H,2-15,17,20H2,1H3,(H,36,37,38);;. The van der Waals surface area contributed by atoms with Gasteiger partial charge in [0.15, 0.2) is 0 Å². The van der Waals surface area contributed by atoms with E-state index in [-0.39, 0.29) is 62.7 Å². The number of benzene rings is 2. The zero-order valence-electron chi connectivity index (χ0n) is 23.9. The van der Waals surface area contributed by atoms with Crippen LogP contribution in [0.1, 0.15) is 109 Å². The molecule has 0 unspecified atom stereocenters. The van der Waals surface area contributed by atoms with Crippen molar-refractivity contribution in [1.29, 1.82) is 0 Å². The van der Waals surface area contributed by atoms with Gasteiger partial charge in [-0.2, -0.15) is 8.42 Å². The van der Waals surface area contributed by atoms with Gasteiger partial charge < -0.3 is 4.74 Å². The minimum atomic E-state index is -4.58. The molecule has 7 nitrogen and oxygen atoms in total. The summed E-state index contributed by atoms with van der Waals surface area (Å²) in [4.78, 5) is 12.2. The quantitative estimate of drug-likeness (QED) is 0.0768. The predicted octanol–water partition coefficient (Wildman–Crippen LogP) is 7.97. The van der Waals surface area contributed by atoms with Gasteiger partial charge in [0.2, 0.25) is 0 Å². The van der Waals surface area contributed by atoms with Crippen molar-refractivity contribution in [2.75, 3.05) is 0 Å². The molecule has 2 aromatic carbocycles. The van der Waals surface area contributed by atoms with Crippen LogP contribution in [0.25, 0.3) is 5.69 Å². The van der Waals surface area contributed by atoms with Crippen LogP contribution in [0, 0.1) is 0 Å². The number of aryl methyl sites for hydroxylation is 1. The molecule has 222 valence electrons. The molecule has 0 bridgehead atoms. The van der Waals surface area contributed by atoms with Crippen molar-refractivity contribution >= 4 is 61.5 Å². The number of hydrogen-bond acceptors (Lipinski definition) is 4. The summed E-state index contributed by atoms with van der Waals surface area (Å²) in [6.07, 6.45) is 20.3. The molecule has 3 rings (SSSR count). The molecular weight excluding hydrogens is 564 g/mol. The fourth-order valence-electron chi connectivity index (χ4n) is 4.99. The van der Waals surface area contributed by atoms with Crippen molar-refractivity contribution in [3.8, 4) is 17.2 Å². The number of nitrogens with one attached hydrogen (secondary N) is 1. The average molecular weight is 611 g/mol. The Kier molecular flexibility index (Phi) is 17.5. The molecule has 0 aliphatic heterocycles. The number of para-hydroxylation sites is 1. The van der Waals surface area contributed by atoms with E-state index in [0.717, 1.165) is 25.0 Å². The molecule has 41 heavy (non-hydrogen) atoms. The summed E-state index contributed by atoms with van der Waals surface area (Å²) >= 11 is 0. The Labute approximate surface area is 288 Å². The molecule has 0 amide bonds. The van der Waals surface area contributed by atoms with Crippen molar-refractivity contribution in [3.63, 3.8) is 0 Å². The van der Waals surface area contributed by atoms with Gasteiger partial charge in [-0.25, -0.2) is 4.68 Å². The average Bonchev–Trinajstić information content (AvgIpc) is 3.31. The van der Waals surface area contributed by atoms with Crippen molar-refractivity contribution in [2.24, 2.45) is 0 Å². The third kappa shape index (κ3) is 13.3. The first-order valence-corrected chi connectivity index (χ1v) is 16.5. The summed E-state index contributed by atoms with van der Waals surface area (Å²) in [6, 6.07) is 14.5. The van der Waals surface area contributed by atoms with Crippen LogP contribution in [0.2, 0.25) is 0 Å². The Morgan fingerprint density at radius 1 is 0.756 bits per heavy atom. The fraction of sp³-hybridized carbons (Fsp3) is 0.531.